The smallest absolute Gasteiger partial charge is 0.330 e. The lowest BCUT2D eigenvalue weighted by Gasteiger charge is -1.98. The van der Waals surface area contributed by atoms with Crippen molar-refractivity contribution in [2.75, 3.05) is 6.61 Å². The fraction of sp³-hybridized carbons (Fsp3) is 0.444. The van der Waals surface area contributed by atoms with E-state index < -0.39 is 12.1 Å². The van der Waals surface area contributed by atoms with Crippen molar-refractivity contribution in [2.45, 2.75) is 19.4 Å². The van der Waals surface area contributed by atoms with Gasteiger partial charge in [0.2, 0.25) is 0 Å². The average molecular weight is 168 g/mol. The highest BCUT2D eigenvalue weighted by atomic mass is 16.5. The number of esters is 1. The monoisotopic (exact) mass is 168 g/mol. The molecule has 0 aliphatic rings. The van der Waals surface area contributed by atoms with E-state index in [-0.39, 0.29) is 6.42 Å². The molecule has 3 heteroatoms. The van der Waals surface area contributed by atoms with Gasteiger partial charge in [-0.25, -0.2) is 4.79 Å². The van der Waals surface area contributed by atoms with E-state index in [1.54, 1.807) is 6.92 Å². The summed E-state index contributed by atoms with van der Waals surface area (Å²) in [5.74, 6) is 1.81. The molecule has 0 aliphatic heterocycles. The first-order valence-electron chi connectivity index (χ1n) is 3.67. The van der Waals surface area contributed by atoms with Crippen LogP contribution in [0.2, 0.25) is 0 Å². The van der Waals surface area contributed by atoms with E-state index in [2.05, 4.69) is 10.7 Å². The van der Waals surface area contributed by atoms with Gasteiger partial charge in [-0.3, -0.25) is 0 Å². The quantitative estimate of drug-likeness (QED) is 0.377. The molecule has 0 radical (unpaired) electrons. The third kappa shape index (κ3) is 5.51. The largest absolute Gasteiger partial charge is 0.463 e. The fourth-order valence-corrected chi connectivity index (χ4v) is 0.569. The van der Waals surface area contributed by atoms with Crippen LogP contribution < -0.4 is 0 Å². The van der Waals surface area contributed by atoms with Gasteiger partial charge in [-0.05, 0) is 13.0 Å². The minimum absolute atomic E-state index is 0.204. The SMILES string of the molecule is C#CCC(O)/C=C/C(=O)OCC. The topological polar surface area (TPSA) is 46.5 Å². The number of carbonyl (C=O) groups is 1. The van der Waals surface area contributed by atoms with Crippen molar-refractivity contribution in [3.8, 4) is 12.3 Å². The Morgan fingerprint density at radius 1 is 1.83 bits per heavy atom. The fourth-order valence-electron chi connectivity index (χ4n) is 0.569. The maximum absolute atomic E-state index is 10.7. The van der Waals surface area contributed by atoms with Gasteiger partial charge in [0.05, 0.1) is 12.7 Å². The maximum Gasteiger partial charge on any atom is 0.330 e. The Morgan fingerprint density at radius 3 is 3.00 bits per heavy atom. The second-order valence-electron chi connectivity index (χ2n) is 2.09. The van der Waals surface area contributed by atoms with E-state index in [1.165, 1.54) is 12.2 Å². The van der Waals surface area contributed by atoms with Crippen molar-refractivity contribution in [2.24, 2.45) is 0 Å². The number of aliphatic hydroxyl groups is 1. The molecule has 0 aromatic heterocycles. The van der Waals surface area contributed by atoms with Crippen molar-refractivity contribution in [1.82, 2.24) is 0 Å². The zero-order valence-electron chi connectivity index (χ0n) is 6.99. The molecule has 0 aromatic rings. The van der Waals surface area contributed by atoms with Crippen molar-refractivity contribution >= 4 is 5.97 Å². The number of aliphatic hydroxyl groups excluding tert-OH is 1. The number of hydrogen-bond donors (Lipinski definition) is 1. The van der Waals surface area contributed by atoms with E-state index in [0.29, 0.717) is 6.61 Å². The predicted octanol–water partition coefficient (Wildman–Crippen LogP) is 0.490. The minimum atomic E-state index is -0.764. The molecule has 12 heavy (non-hydrogen) atoms. The molecule has 0 rings (SSSR count). The van der Waals surface area contributed by atoms with Crippen molar-refractivity contribution in [3.05, 3.63) is 12.2 Å². The molecule has 0 heterocycles. The molecule has 1 N–H and O–H groups in total. The van der Waals surface area contributed by atoms with Crippen LogP contribution in [-0.2, 0) is 9.53 Å². The summed E-state index contributed by atoms with van der Waals surface area (Å²) in [6, 6.07) is 0. The Morgan fingerprint density at radius 2 is 2.50 bits per heavy atom. The lowest BCUT2D eigenvalue weighted by atomic mass is 10.2. The zero-order chi connectivity index (χ0) is 9.40. The Kier molecular flexibility index (Phi) is 5.76. The molecule has 66 valence electrons. The molecule has 0 aliphatic carbocycles. The lowest BCUT2D eigenvalue weighted by molar-refractivity contribution is -0.137. The third-order valence-corrected chi connectivity index (χ3v) is 1.07. The summed E-state index contributed by atoms with van der Waals surface area (Å²) in [5.41, 5.74) is 0. The van der Waals surface area contributed by atoms with E-state index in [0.717, 1.165) is 0 Å². The Bertz CT molecular complexity index is 200. The van der Waals surface area contributed by atoms with Gasteiger partial charge in [0.15, 0.2) is 0 Å². The number of carbonyl (C=O) groups excluding carboxylic acids is 1. The highest BCUT2D eigenvalue weighted by molar-refractivity contribution is 5.81. The van der Waals surface area contributed by atoms with Gasteiger partial charge in [-0.1, -0.05) is 0 Å². The highest BCUT2D eigenvalue weighted by Gasteiger charge is 1.97. The summed E-state index contributed by atoms with van der Waals surface area (Å²) in [6.45, 7) is 2.04. The summed E-state index contributed by atoms with van der Waals surface area (Å²) < 4.78 is 4.58. The highest BCUT2D eigenvalue weighted by Crippen LogP contribution is 1.92. The van der Waals surface area contributed by atoms with Crippen molar-refractivity contribution in [1.29, 1.82) is 0 Å². The molecule has 3 nitrogen and oxygen atoms in total. The molecular formula is C9H12O3. The van der Waals surface area contributed by atoms with E-state index in [1.807, 2.05) is 0 Å². The normalized spacial score (nSPS) is 12.4. The van der Waals surface area contributed by atoms with Gasteiger partial charge < -0.3 is 9.84 Å². The second-order valence-corrected chi connectivity index (χ2v) is 2.09. The summed E-state index contributed by atoms with van der Waals surface area (Å²) in [5, 5.41) is 9.03. The Balaban J connectivity index is 3.74. The van der Waals surface area contributed by atoms with E-state index in [9.17, 15) is 4.79 Å². The van der Waals surface area contributed by atoms with Gasteiger partial charge >= 0.3 is 5.97 Å². The molecule has 1 atom stereocenters. The average Bonchev–Trinajstić information content (AvgIpc) is 2.02. The van der Waals surface area contributed by atoms with Gasteiger partial charge in [0.1, 0.15) is 0 Å². The Labute approximate surface area is 72.0 Å². The van der Waals surface area contributed by atoms with Crippen molar-refractivity contribution < 1.29 is 14.6 Å². The number of hydrogen-bond acceptors (Lipinski definition) is 3. The number of rotatable bonds is 4. The molecule has 0 amide bonds. The van der Waals surface area contributed by atoms with Crippen molar-refractivity contribution in [3.63, 3.8) is 0 Å². The van der Waals surface area contributed by atoms with Gasteiger partial charge in [-0.15, -0.1) is 12.3 Å². The molecule has 0 bridgehead atoms. The maximum atomic E-state index is 10.7. The van der Waals surface area contributed by atoms with E-state index >= 15 is 0 Å². The summed E-state index contributed by atoms with van der Waals surface area (Å²) in [6.07, 6.45) is 6.86. The van der Waals surface area contributed by atoms with Crippen LogP contribution in [0.25, 0.3) is 0 Å². The first-order chi connectivity index (χ1) is 5.70. The van der Waals surface area contributed by atoms with Crippen LogP contribution in [0.3, 0.4) is 0 Å². The van der Waals surface area contributed by atoms with Gasteiger partial charge in [0.25, 0.3) is 0 Å². The standard InChI is InChI=1S/C9H12O3/c1-3-5-8(10)6-7-9(11)12-4-2/h1,6-8,10H,4-5H2,2H3/b7-6+. The van der Waals surface area contributed by atoms with Crippen LogP contribution in [0.4, 0.5) is 0 Å². The van der Waals surface area contributed by atoms with Crippen LogP contribution >= 0.6 is 0 Å². The number of terminal acetylenes is 1. The first-order valence-corrected chi connectivity index (χ1v) is 3.67. The molecule has 0 saturated carbocycles. The van der Waals surface area contributed by atoms with Crippen LogP contribution in [0, 0.1) is 12.3 Å². The molecular weight excluding hydrogens is 156 g/mol. The zero-order valence-corrected chi connectivity index (χ0v) is 6.99. The first kappa shape index (κ1) is 10.7. The van der Waals surface area contributed by atoms with Crippen LogP contribution in [0.5, 0.6) is 0 Å². The number of ether oxygens (including phenoxy) is 1. The van der Waals surface area contributed by atoms with Gasteiger partial charge in [0, 0.05) is 12.5 Å². The summed E-state index contributed by atoms with van der Waals surface area (Å²) in [7, 11) is 0. The molecule has 1 unspecified atom stereocenters. The minimum Gasteiger partial charge on any atom is -0.463 e. The molecule has 0 spiro atoms. The third-order valence-electron chi connectivity index (χ3n) is 1.07. The summed E-state index contributed by atoms with van der Waals surface area (Å²) in [4.78, 5) is 10.7. The molecule has 0 fully saturated rings. The lowest BCUT2D eigenvalue weighted by Crippen LogP contribution is -2.04. The Hall–Kier alpha value is -1.27. The van der Waals surface area contributed by atoms with E-state index in [4.69, 9.17) is 11.5 Å². The molecule has 0 aromatic carbocycles. The predicted molar refractivity (Wildman–Crippen MR) is 45.2 cm³/mol. The summed E-state index contributed by atoms with van der Waals surface area (Å²) >= 11 is 0. The van der Waals surface area contributed by atoms with Gasteiger partial charge in [-0.2, -0.15) is 0 Å². The van der Waals surface area contributed by atoms with Crippen LogP contribution in [-0.4, -0.2) is 23.8 Å². The molecule has 0 saturated heterocycles. The van der Waals surface area contributed by atoms with Crippen LogP contribution in [0.1, 0.15) is 13.3 Å². The van der Waals surface area contributed by atoms with Crippen LogP contribution in [0.15, 0.2) is 12.2 Å². The second kappa shape index (κ2) is 6.44.